The third-order valence-corrected chi connectivity index (χ3v) is 5.25. The molecule has 5 nitrogen and oxygen atoms in total. The third kappa shape index (κ3) is 2.73. The van der Waals surface area contributed by atoms with Crippen LogP contribution in [0.1, 0.15) is 16.8 Å². The highest BCUT2D eigenvalue weighted by atomic mass is 35.5. The van der Waals surface area contributed by atoms with Crippen LogP contribution in [0.5, 0.6) is 0 Å². The third-order valence-electron chi connectivity index (χ3n) is 4.96. The molecule has 5 rings (SSSR count). The predicted octanol–water partition coefficient (Wildman–Crippen LogP) is 5.19. The Hall–Kier alpha value is -3.25. The molecule has 28 heavy (non-hydrogen) atoms. The number of aromatic nitrogens is 5. The molecule has 2 aromatic carbocycles. The molecule has 0 atom stereocenters. The maximum Gasteiger partial charge on any atom is 0.141 e. The summed E-state index contributed by atoms with van der Waals surface area (Å²) in [6, 6.07) is 10.8. The molecular weight excluding hydrogens is 377 g/mol. The lowest BCUT2D eigenvalue weighted by molar-refractivity contribution is 0.627. The molecule has 0 spiro atoms. The molecule has 5 aromatic rings. The first-order chi connectivity index (χ1) is 13.6. The molecule has 0 saturated carbocycles. The van der Waals surface area contributed by atoms with Crippen molar-refractivity contribution in [2.45, 2.75) is 13.3 Å². The molecule has 0 bridgehead atoms. The first-order valence-corrected chi connectivity index (χ1v) is 9.18. The topological polar surface area (TPSA) is 70.2 Å². The first kappa shape index (κ1) is 16.9. The van der Waals surface area contributed by atoms with Gasteiger partial charge in [0.2, 0.25) is 0 Å². The number of nitrogens with one attached hydrogen (secondary N) is 2. The van der Waals surface area contributed by atoms with E-state index in [4.69, 9.17) is 16.6 Å². The van der Waals surface area contributed by atoms with Gasteiger partial charge >= 0.3 is 0 Å². The van der Waals surface area contributed by atoms with Gasteiger partial charge in [-0.25, -0.2) is 9.37 Å². The van der Waals surface area contributed by atoms with Crippen LogP contribution in [0.15, 0.2) is 48.8 Å². The second kappa shape index (κ2) is 6.42. The summed E-state index contributed by atoms with van der Waals surface area (Å²) in [7, 11) is 0. The predicted molar refractivity (Wildman–Crippen MR) is 108 cm³/mol. The molecule has 0 radical (unpaired) electrons. The summed E-state index contributed by atoms with van der Waals surface area (Å²) in [5.41, 5.74) is 6.55. The minimum absolute atomic E-state index is 0.121. The molecule has 3 heterocycles. The van der Waals surface area contributed by atoms with Crippen molar-refractivity contribution in [1.29, 1.82) is 0 Å². The van der Waals surface area contributed by atoms with Gasteiger partial charge in [0, 0.05) is 22.0 Å². The zero-order valence-corrected chi connectivity index (χ0v) is 15.7. The number of H-pyrrole nitrogens is 2. The standard InChI is InChI=1S/C21H15ClFN5/c1-11-14(9-24-27-11)20-8-13(6-12-2-3-17(23)16(22)7-12)21-15-10-25-28-18(15)4-5-19(21)26-20/h2-5,7-10H,6H2,1H3,(H,24,27)(H,25,28). The normalized spacial score (nSPS) is 11.5. The van der Waals surface area contributed by atoms with E-state index in [1.165, 1.54) is 6.07 Å². The molecule has 0 amide bonds. The summed E-state index contributed by atoms with van der Waals surface area (Å²) in [4.78, 5) is 4.85. The highest BCUT2D eigenvalue weighted by Gasteiger charge is 2.15. The largest absolute Gasteiger partial charge is 0.282 e. The van der Waals surface area contributed by atoms with Gasteiger partial charge in [0.25, 0.3) is 0 Å². The van der Waals surface area contributed by atoms with Gasteiger partial charge in [-0.15, -0.1) is 0 Å². The van der Waals surface area contributed by atoms with Crippen LogP contribution >= 0.6 is 11.6 Å². The van der Waals surface area contributed by atoms with Crippen molar-refractivity contribution in [2.75, 3.05) is 0 Å². The number of aryl methyl sites for hydroxylation is 1. The lowest BCUT2D eigenvalue weighted by Crippen LogP contribution is -1.96. The quantitative estimate of drug-likeness (QED) is 0.444. The van der Waals surface area contributed by atoms with E-state index in [1.807, 2.05) is 25.3 Å². The summed E-state index contributed by atoms with van der Waals surface area (Å²) in [6.45, 7) is 1.97. The molecule has 0 aliphatic carbocycles. The summed E-state index contributed by atoms with van der Waals surface area (Å²) < 4.78 is 13.6. The Bertz CT molecular complexity index is 1340. The first-order valence-electron chi connectivity index (χ1n) is 8.80. The lowest BCUT2D eigenvalue weighted by atomic mass is 9.96. The molecule has 2 N–H and O–H groups in total. The number of benzene rings is 2. The van der Waals surface area contributed by atoms with E-state index in [0.29, 0.717) is 6.42 Å². The number of nitrogens with zero attached hydrogens (tertiary/aromatic N) is 3. The van der Waals surface area contributed by atoms with Crippen molar-refractivity contribution < 1.29 is 4.39 Å². The maximum absolute atomic E-state index is 13.6. The molecule has 0 unspecified atom stereocenters. The zero-order chi connectivity index (χ0) is 19.3. The average Bonchev–Trinajstić information content (AvgIpc) is 3.33. The van der Waals surface area contributed by atoms with Crippen LogP contribution in [0.25, 0.3) is 33.1 Å². The molecule has 0 fully saturated rings. The smallest absolute Gasteiger partial charge is 0.141 e. The Morgan fingerprint density at radius 2 is 1.89 bits per heavy atom. The molecular formula is C21H15ClFN5. The minimum atomic E-state index is -0.420. The SMILES string of the molecule is Cc1[nH]ncc1-c1cc(Cc2ccc(F)c(Cl)c2)c2c(ccc3[nH]ncc32)n1. The fraction of sp³-hybridized carbons (Fsp3) is 0.0952. The van der Waals surface area contributed by atoms with Gasteiger partial charge in [0.15, 0.2) is 0 Å². The van der Waals surface area contributed by atoms with Gasteiger partial charge in [0.05, 0.1) is 34.1 Å². The minimum Gasteiger partial charge on any atom is -0.282 e. The summed E-state index contributed by atoms with van der Waals surface area (Å²) in [5.74, 6) is -0.420. The van der Waals surface area contributed by atoms with Crippen LogP contribution in [-0.4, -0.2) is 25.4 Å². The fourth-order valence-corrected chi connectivity index (χ4v) is 3.79. The molecule has 0 aliphatic rings. The van der Waals surface area contributed by atoms with E-state index in [1.54, 1.807) is 18.3 Å². The van der Waals surface area contributed by atoms with E-state index >= 15 is 0 Å². The van der Waals surface area contributed by atoms with Crippen LogP contribution < -0.4 is 0 Å². The Morgan fingerprint density at radius 1 is 1.04 bits per heavy atom. The molecule has 0 saturated heterocycles. The Balaban J connectivity index is 1.77. The number of aromatic amines is 2. The van der Waals surface area contributed by atoms with Gasteiger partial charge in [-0.05, 0) is 54.8 Å². The van der Waals surface area contributed by atoms with Crippen molar-refractivity contribution in [3.8, 4) is 11.3 Å². The lowest BCUT2D eigenvalue weighted by Gasteiger charge is -2.11. The zero-order valence-electron chi connectivity index (χ0n) is 14.9. The monoisotopic (exact) mass is 391 g/mol. The Kier molecular flexibility index (Phi) is 3.87. The number of hydrogen-bond donors (Lipinski definition) is 2. The second-order valence-corrected chi connectivity index (χ2v) is 7.20. The van der Waals surface area contributed by atoms with E-state index in [2.05, 4.69) is 26.5 Å². The van der Waals surface area contributed by atoms with Crippen LogP contribution in [-0.2, 0) is 6.42 Å². The van der Waals surface area contributed by atoms with Crippen molar-refractivity contribution in [3.63, 3.8) is 0 Å². The maximum atomic E-state index is 13.6. The number of fused-ring (bicyclic) bond motifs is 3. The number of halogens is 2. The van der Waals surface area contributed by atoms with Crippen LogP contribution in [0.2, 0.25) is 5.02 Å². The Morgan fingerprint density at radius 3 is 2.68 bits per heavy atom. The average molecular weight is 392 g/mol. The molecule has 3 aromatic heterocycles. The van der Waals surface area contributed by atoms with Gasteiger partial charge < -0.3 is 0 Å². The molecule has 7 heteroatoms. The summed E-state index contributed by atoms with van der Waals surface area (Å²) in [5, 5.41) is 16.4. The highest BCUT2D eigenvalue weighted by molar-refractivity contribution is 6.30. The van der Waals surface area contributed by atoms with Gasteiger partial charge in [0.1, 0.15) is 5.82 Å². The Labute approximate surface area is 164 Å². The summed E-state index contributed by atoms with van der Waals surface area (Å²) in [6.07, 6.45) is 4.18. The van der Waals surface area contributed by atoms with Crippen LogP contribution in [0.3, 0.4) is 0 Å². The van der Waals surface area contributed by atoms with Gasteiger partial charge in [-0.3, -0.25) is 10.2 Å². The van der Waals surface area contributed by atoms with E-state index in [-0.39, 0.29) is 5.02 Å². The van der Waals surface area contributed by atoms with Crippen molar-refractivity contribution in [3.05, 3.63) is 76.5 Å². The molecule has 0 aliphatic heterocycles. The number of rotatable bonds is 3. The van der Waals surface area contributed by atoms with Gasteiger partial charge in [-0.2, -0.15) is 10.2 Å². The van der Waals surface area contributed by atoms with Gasteiger partial charge in [-0.1, -0.05) is 17.7 Å². The van der Waals surface area contributed by atoms with E-state index < -0.39 is 5.82 Å². The van der Waals surface area contributed by atoms with E-state index in [9.17, 15) is 4.39 Å². The second-order valence-electron chi connectivity index (χ2n) is 6.79. The highest BCUT2D eigenvalue weighted by Crippen LogP contribution is 2.32. The van der Waals surface area contributed by atoms with Crippen molar-refractivity contribution in [2.24, 2.45) is 0 Å². The van der Waals surface area contributed by atoms with E-state index in [0.717, 1.165) is 49.9 Å². The van der Waals surface area contributed by atoms with Crippen LogP contribution in [0, 0.1) is 12.7 Å². The summed E-state index contributed by atoms with van der Waals surface area (Å²) >= 11 is 5.99. The van der Waals surface area contributed by atoms with Crippen LogP contribution in [0.4, 0.5) is 4.39 Å². The fourth-order valence-electron chi connectivity index (χ4n) is 3.59. The van der Waals surface area contributed by atoms with Crippen molar-refractivity contribution in [1.82, 2.24) is 25.4 Å². The van der Waals surface area contributed by atoms with Crippen molar-refractivity contribution >= 4 is 33.4 Å². The number of pyridine rings is 1. The number of hydrogen-bond acceptors (Lipinski definition) is 3. The molecule has 138 valence electrons.